The molecule has 0 spiro atoms. The largest absolute Gasteiger partial charge is 0.494 e. The summed E-state index contributed by atoms with van der Waals surface area (Å²) in [7, 11) is 0. The van der Waals surface area contributed by atoms with Crippen LogP contribution in [0.4, 0.5) is 0 Å². The van der Waals surface area contributed by atoms with Crippen molar-refractivity contribution in [2.45, 2.75) is 70.5 Å². The Hall–Kier alpha value is -2.53. The zero-order valence-corrected chi connectivity index (χ0v) is 19.5. The van der Waals surface area contributed by atoms with Crippen LogP contribution in [0.2, 0.25) is 5.02 Å². The molecule has 0 aromatic heterocycles. The minimum Gasteiger partial charge on any atom is -0.494 e. The summed E-state index contributed by atoms with van der Waals surface area (Å²) in [4.78, 5) is 28.0. The Morgan fingerprint density at radius 2 is 1.78 bits per heavy atom. The number of nitrogens with one attached hydrogen (secondary N) is 1. The highest BCUT2D eigenvalue weighted by Gasteiger charge is 2.30. The van der Waals surface area contributed by atoms with Gasteiger partial charge in [0.05, 0.1) is 6.61 Å². The zero-order chi connectivity index (χ0) is 22.8. The van der Waals surface area contributed by atoms with E-state index in [1.807, 2.05) is 61.5 Å². The highest BCUT2D eigenvalue weighted by atomic mass is 35.5. The van der Waals surface area contributed by atoms with Crippen molar-refractivity contribution < 1.29 is 14.3 Å². The van der Waals surface area contributed by atoms with Crippen LogP contribution in [0.25, 0.3) is 0 Å². The first kappa shape index (κ1) is 24.1. The molecule has 2 amide bonds. The van der Waals surface area contributed by atoms with Gasteiger partial charge in [0.15, 0.2) is 0 Å². The highest BCUT2D eigenvalue weighted by Crippen LogP contribution is 2.20. The number of halogens is 1. The molecule has 1 N–H and O–H groups in total. The number of ether oxygens (including phenoxy) is 1. The molecule has 0 saturated heterocycles. The lowest BCUT2D eigenvalue weighted by Crippen LogP contribution is -2.50. The molecule has 32 heavy (non-hydrogen) atoms. The van der Waals surface area contributed by atoms with Crippen molar-refractivity contribution in [1.29, 1.82) is 0 Å². The number of carbonyl (C=O) groups is 2. The maximum atomic E-state index is 13.2. The molecule has 1 aliphatic rings. The van der Waals surface area contributed by atoms with Crippen LogP contribution in [-0.2, 0) is 16.1 Å². The summed E-state index contributed by atoms with van der Waals surface area (Å²) in [6, 6.07) is 16.7. The van der Waals surface area contributed by atoms with Gasteiger partial charge >= 0.3 is 0 Å². The number of hydrogen-bond donors (Lipinski definition) is 1. The number of benzene rings is 2. The summed E-state index contributed by atoms with van der Waals surface area (Å²) in [6.07, 6.45) is 5.82. The molecule has 2 aromatic carbocycles. The van der Waals surface area contributed by atoms with E-state index in [2.05, 4.69) is 5.32 Å². The second-order valence-electron chi connectivity index (χ2n) is 8.33. The minimum atomic E-state index is -0.492. The Kier molecular flexibility index (Phi) is 9.42. The zero-order valence-electron chi connectivity index (χ0n) is 18.8. The third-order valence-electron chi connectivity index (χ3n) is 5.90. The summed E-state index contributed by atoms with van der Waals surface area (Å²) >= 11 is 6.02. The van der Waals surface area contributed by atoms with E-state index in [0.29, 0.717) is 37.4 Å². The fourth-order valence-corrected chi connectivity index (χ4v) is 4.27. The molecule has 5 nitrogen and oxygen atoms in total. The Labute approximate surface area is 196 Å². The van der Waals surface area contributed by atoms with E-state index in [9.17, 15) is 9.59 Å². The maximum Gasteiger partial charge on any atom is 0.243 e. The van der Waals surface area contributed by atoms with Gasteiger partial charge in [0.25, 0.3) is 0 Å². The summed E-state index contributed by atoms with van der Waals surface area (Å²) in [5, 5.41) is 3.82. The molecule has 1 aliphatic carbocycles. The predicted octanol–water partition coefficient (Wildman–Crippen LogP) is 5.37. The van der Waals surface area contributed by atoms with Gasteiger partial charge in [-0.2, -0.15) is 0 Å². The quantitative estimate of drug-likeness (QED) is 0.463. The number of rotatable bonds is 11. The Bertz CT molecular complexity index is 851. The van der Waals surface area contributed by atoms with Crippen LogP contribution in [0.15, 0.2) is 54.6 Å². The summed E-state index contributed by atoms with van der Waals surface area (Å²) < 4.78 is 5.73. The Morgan fingerprint density at radius 1 is 1.09 bits per heavy atom. The number of hydrogen-bond acceptors (Lipinski definition) is 3. The van der Waals surface area contributed by atoms with Gasteiger partial charge in [0.1, 0.15) is 11.8 Å². The predicted molar refractivity (Wildman–Crippen MR) is 128 cm³/mol. The van der Waals surface area contributed by atoms with Crippen LogP contribution in [0.3, 0.4) is 0 Å². The van der Waals surface area contributed by atoms with E-state index >= 15 is 0 Å². The molecule has 2 aromatic rings. The third-order valence-corrected chi connectivity index (χ3v) is 6.15. The van der Waals surface area contributed by atoms with Crippen molar-refractivity contribution in [3.8, 4) is 5.75 Å². The lowest BCUT2D eigenvalue weighted by atomic mass is 10.1. The van der Waals surface area contributed by atoms with Crippen LogP contribution < -0.4 is 10.1 Å². The minimum absolute atomic E-state index is 0.0370. The molecule has 3 rings (SSSR count). The number of carbonyl (C=O) groups excluding carboxylic acids is 2. The highest BCUT2D eigenvalue weighted by molar-refractivity contribution is 6.30. The smallest absolute Gasteiger partial charge is 0.243 e. The van der Waals surface area contributed by atoms with Gasteiger partial charge in [0.2, 0.25) is 11.8 Å². The van der Waals surface area contributed by atoms with Crippen molar-refractivity contribution in [2.24, 2.45) is 0 Å². The van der Waals surface area contributed by atoms with Crippen LogP contribution in [0, 0.1) is 0 Å². The molecule has 1 atom stereocenters. The van der Waals surface area contributed by atoms with E-state index in [1.165, 1.54) is 0 Å². The number of amides is 2. The van der Waals surface area contributed by atoms with Crippen molar-refractivity contribution in [3.63, 3.8) is 0 Å². The molecule has 0 radical (unpaired) electrons. The van der Waals surface area contributed by atoms with Gasteiger partial charge in [0, 0.05) is 24.0 Å². The number of nitrogens with zero attached hydrogens (tertiary/aromatic N) is 1. The van der Waals surface area contributed by atoms with E-state index in [-0.39, 0.29) is 17.9 Å². The van der Waals surface area contributed by atoms with Crippen LogP contribution in [0.5, 0.6) is 5.75 Å². The second-order valence-corrected chi connectivity index (χ2v) is 8.76. The third kappa shape index (κ3) is 7.27. The average Bonchev–Trinajstić information content (AvgIpc) is 3.31. The van der Waals surface area contributed by atoms with E-state index < -0.39 is 6.04 Å². The standard InChI is InChI=1S/C26H33ClN2O3/c1-2-24(26(31)28-22-9-6-7-10-22)29(19-20-14-16-21(27)17-15-20)25(30)13-8-18-32-23-11-4-3-5-12-23/h3-5,11-12,14-17,22,24H,2,6-10,13,18-19H2,1H3,(H,28,31)/t24-/m1/s1. The van der Waals surface area contributed by atoms with E-state index in [0.717, 1.165) is 37.0 Å². The lowest BCUT2D eigenvalue weighted by molar-refractivity contribution is -0.141. The van der Waals surface area contributed by atoms with Crippen molar-refractivity contribution in [3.05, 3.63) is 65.2 Å². The first-order valence-corrected chi connectivity index (χ1v) is 12.0. The number of para-hydroxylation sites is 1. The summed E-state index contributed by atoms with van der Waals surface area (Å²) in [5.74, 6) is 0.702. The van der Waals surface area contributed by atoms with E-state index in [1.54, 1.807) is 4.90 Å². The summed E-state index contributed by atoms with van der Waals surface area (Å²) in [6.45, 7) is 2.79. The molecule has 0 unspecified atom stereocenters. The van der Waals surface area contributed by atoms with Gasteiger partial charge in [-0.25, -0.2) is 0 Å². The molecule has 0 aliphatic heterocycles. The fraction of sp³-hybridized carbons (Fsp3) is 0.462. The van der Waals surface area contributed by atoms with Gasteiger partial charge in [-0.05, 0) is 55.5 Å². The van der Waals surface area contributed by atoms with Crippen molar-refractivity contribution in [2.75, 3.05) is 6.61 Å². The molecule has 1 fully saturated rings. The van der Waals surface area contributed by atoms with Crippen LogP contribution in [0.1, 0.15) is 57.4 Å². The van der Waals surface area contributed by atoms with Gasteiger partial charge in [-0.1, -0.05) is 61.7 Å². The van der Waals surface area contributed by atoms with Crippen LogP contribution in [-0.4, -0.2) is 35.4 Å². The summed E-state index contributed by atoms with van der Waals surface area (Å²) in [5.41, 5.74) is 0.954. The molecular weight excluding hydrogens is 424 g/mol. The second kappa shape index (κ2) is 12.5. The molecule has 0 heterocycles. The van der Waals surface area contributed by atoms with Gasteiger partial charge in [-0.3, -0.25) is 9.59 Å². The Balaban J connectivity index is 1.64. The monoisotopic (exact) mass is 456 g/mol. The molecular formula is C26H33ClN2O3. The fourth-order valence-electron chi connectivity index (χ4n) is 4.15. The molecule has 6 heteroatoms. The van der Waals surface area contributed by atoms with Gasteiger partial charge in [-0.15, -0.1) is 0 Å². The SMILES string of the molecule is CC[C@H](C(=O)NC1CCCC1)N(Cc1ccc(Cl)cc1)C(=O)CCCOc1ccccc1. The van der Waals surface area contributed by atoms with Crippen molar-refractivity contribution >= 4 is 23.4 Å². The molecule has 0 bridgehead atoms. The first-order chi connectivity index (χ1) is 15.6. The Morgan fingerprint density at radius 3 is 2.44 bits per heavy atom. The van der Waals surface area contributed by atoms with E-state index in [4.69, 9.17) is 16.3 Å². The van der Waals surface area contributed by atoms with Gasteiger partial charge < -0.3 is 15.0 Å². The molecule has 1 saturated carbocycles. The molecule has 172 valence electrons. The lowest BCUT2D eigenvalue weighted by Gasteiger charge is -2.31. The topological polar surface area (TPSA) is 58.6 Å². The van der Waals surface area contributed by atoms with Crippen molar-refractivity contribution in [1.82, 2.24) is 10.2 Å². The first-order valence-electron chi connectivity index (χ1n) is 11.6. The average molecular weight is 457 g/mol. The normalized spacial score (nSPS) is 14.7. The van der Waals surface area contributed by atoms with Crippen LogP contribution >= 0.6 is 11.6 Å². The maximum absolute atomic E-state index is 13.2.